The smallest absolute Gasteiger partial charge is 0.330 e. The average Bonchev–Trinajstić information content (AvgIpc) is 2.79. The zero-order valence-corrected chi connectivity index (χ0v) is 19.1. The highest BCUT2D eigenvalue weighted by molar-refractivity contribution is 7.99. The van der Waals surface area contributed by atoms with Crippen molar-refractivity contribution in [2.24, 2.45) is 0 Å². The molecule has 0 amide bonds. The molecule has 5 heteroatoms. The summed E-state index contributed by atoms with van der Waals surface area (Å²) in [4.78, 5) is 13.0. The summed E-state index contributed by atoms with van der Waals surface area (Å²) in [6.07, 6.45) is 2.67. The standard InChI is InChI=1S/C26H30O4S/c1-4-7-14-28-17-21(30-25(27)5-2)18-29-26-23-11-9-8-10-19(23)15-20-12-13-22(31-6-3)16-24(20)26/h5,8-13,15-16,21H,2,4,6-7,14,17-18H2,1,3H3. The van der Waals surface area contributed by atoms with Crippen LogP contribution in [0.15, 0.2) is 66.1 Å². The Morgan fingerprint density at radius 2 is 1.87 bits per heavy atom. The molecule has 0 heterocycles. The fraction of sp³-hybridized carbons (Fsp3) is 0.346. The summed E-state index contributed by atoms with van der Waals surface area (Å²) < 4.78 is 17.5. The van der Waals surface area contributed by atoms with Crippen LogP contribution in [0.25, 0.3) is 21.5 Å². The molecule has 0 radical (unpaired) electrons. The van der Waals surface area contributed by atoms with E-state index in [1.165, 1.54) is 11.0 Å². The van der Waals surface area contributed by atoms with E-state index in [-0.39, 0.29) is 6.61 Å². The van der Waals surface area contributed by atoms with Gasteiger partial charge in [0.2, 0.25) is 0 Å². The van der Waals surface area contributed by atoms with Gasteiger partial charge in [-0.25, -0.2) is 4.79 Å². The van der Waals surface area contributed by atoms with Crippen molar-refractivity contribution in [3.8, 4) is 5.75 Å². The van der Waals surface area contributed by atoms with Gasteiger partial charge in [0, 0.05) is 28.4 Å². The zero-order valence-electron chi connectivity index (χ0n) is 18.3. The summed E-state index contributed by atoms with van der Waals surface area (Å²) in [5.74, 6) is 1.33. The van der Waals surface area contributed by atoms with Crippen molar-refractivity contribution in [1.82, 2.24) is 0 Å². The predicted octanol–water partition coefficient (Wildman–Crippen LogP) is 6.40. The number of ether oxygens (including phenoxy) is 3. The summed E-state index contributed by atoms with van der Waals surface area (Å²) in [6.45, 7) is 8.88. The normalized spacial score (nSPS) is 12.1. The molecule has 0 N–H and O–H groups in total. The minimum absolute atomic E-state index is 0.208. The van der Waals surface area contributed by atoms with Gasteiger partial charge in [-0.1, -0.05) is 57.2 Å². The molecular formula is C26H30O4S. The molecule has 164 valence electrons. The van der Waals surface area contributed by atoms with Crippen LogP contribution in [0, 0.1) is 0 Å². The SMILES string of the molecule is C=CC(=O)OC(COCCCC)COc1c2ccccc2cc2ccc(SCC)cc12. The van der Waals surface area contributed by atoms with E-state index in [0.717, 1.165) is 45.9 Å². The van der Waals surface area contributed by atoms with E-state index in [4.69, 9.17) is 14.2 Å². The second kappa shape index (κ2) is 11.8. The van der Waals surface area contributed by atoms with E-state index in [2.05, 4.69) is 56.8 Å². The molecule has 3 aromatic carbocycles. The van der Waals surface area contributed by atoms with Crippen molar-refractivity contribution in [3.05, 3.63) is 61.2 Å². The van der Waals surface area contributed by atoms with Gasteiger partial charge in [-0.3, -0.25) is 0 Å². The lowest BCUT2D eigenvalue weighted by atomic mass is 10.0. The molecule has 1 unspecified atom stereocenters. The number of unbranched alkanes of at least 4 members (excludes halogenated alkanes) is 1. The first-order chi connectivity index (χ1) is 15.2. The van der Waals surface area contributed by atoms with Crippen molar-refractivity contribution in [2.45, 2.75) is 37.7 Å². The van der Waals surface area contributed by atoms with Gasteiger partial charge in [0.25, 0.3) is 0 Å². The second-order valence-corrected chi connectivity index (χ2v) is 8.58. The largest absolute Gasteiger partial charge is 0.488 e. The van der Waals surface area contributed by atoms with Crippen molar-refractivity contribution in [2.75, 3.05) is 25.6 Å². The number of benzene rings is 3. The molecule has 31 heavy (non-hydrogen) atoms. The van der Waals surface area contributed by atoms with E-state index in [1.54, 1.807) is 11.8 Å². The Kier molecular flexibility index (Phi) is 8.80. The maximum atomic E-state index is 11.8. The maximum Gasteiger partial charge on any atom is 0.330 e. The number of carbonyl (C=O) groups excluding carboxylic acids is 1. The van der Waals surface area contributed by atoms with Gasteiger partial charge < -0.3 is 14.2 Å². The number of carbonyl (C=O) groups is 1. The van der Waals surface area contributed by atoms with Gasteiger partial charge in [0.05, 0.1) is 6.61 Å². The zero-order chi connectivity index (χ0) is 22.1. The van der Waals surface area contributed by atoms with Crippen LogP contribution < -0.4 is 4.74 Å². The maximum absolute atomic E-state index is 11.8. The lowest BCUT2D eigenvalue weighted by Crippen LogP contribution is -2.29. The van der Waals surface area contributed by atoms with Crippen molar-refractivity contribution >= 4 is 39.3 Å². The Labute approximate surface area is 188 Å². The van der Waals surface area contributed by atoms with Crippen LogP contribution in [0.4, 0.5) is 0 Å². The molecule has 0 saturated carbocycles. The molecule has 0 aromatic heterocycles. The van der Waals surface area contributed by atoms with Gasteiger partial charge >= 0.3 is 5.97 Å². The fourth-order valence-electron chi connectivity index (χ4n) is 3.38. The highest BCUT2D eigenvalue weighted by Crippen LogP contribution is 2.37. The first kappa shape index (κ1) is 23.2. The average molecular weight is 439 g/mol. The number of hydrogen-bond acceptors (Lipinski definition) is 5. The summed E-state index contributed by atoms with van der Waals surface area (Å²) in [6, 6.07) is 16.8. The van der Waals surface area contributed by atoms with E-state index >= 15 is 0 Å². The quantitative estimate of drug-likeness (QED) is 0.108. The predicted molar refractivity (Wildman–Crippen MR) is 129 cm³/mol. The Morgan fingerprint density at radius 3 is 2.65 bits per heavy atom. The van der Waals surface area contributed by atoms with Crippen LogP contribution in [0.5, 0.6) is 5.75 Å². The highest BCUT2D eigenvalue weighted by atomic mass is 32.2. The second-order valence-electron chi connectivity index (χ2n) is 7.25. The molecule has 0 spiro atoms. The first-order valence-corrected chi connectivity index (χ1v) is 11.8. The van der Waals surface area contributed by atoms with Crippen LogP contribution in [-0.4, -0.2) is 37.6 Å². The van der Waals surface area contributed by atoms with Gasteiger partial charge in [-0.2, -0.15) is 0 Å². The molecule has 0 saturated heterocycles. The van der Waals surface area contributed by atoms with Gasteiger partial charge in [-0.05, 0) is 41.1 Å². The lowest BCUT2D eigenvalue weighted by Gasteiger charge is -2.20. The molecule has 4 nitrogen and oxygen atoms in total. The Balaban J connectivity index is 1.91. The molecule has 0 aliphatic carbocycles. The third kappa shape index (κ3) is 6.25. The monoisotopic (exact) mass is 438 g/mol. The fourth-order valence-corrected chi connectivity index (χ4v) is 4.08. The van der Waals surface area contributed by atoms with Crippen LogP contribution in [0.2, 0.25) is 0 Å². The molecule has 3 rings (SSSR count). The minimum atomic E-state index is -0.510. The topological polar surface area (TPSA) is 44.8 Å². The summed E-state index contributed by atoms with van der Waals surface area (Å²) >= 11 is 1.80. The first-order valence-electron chi connectivity index (χ1n) is 10.8. The molecule has 0 fully saturated rings. The number of esters is 1. The van der Waals surface area contributed by atoms with Crippen molar-refractivity contribution in [1.29, 1.82) is 0 Å². The Hall–Kier alpha value is -2.50. The molecule has 1 atom stereocenters. The number of fused-ring (bicyclic) bond motifs is 2. The number of thioether (sulfide) groups is 1. The number of rotatable bonds is 12. The third-order valence-electron chi connectivity index (χ3n) is 4.91. The summed E-state index contributed by atoms with van der Waals surface area (Å²) in [5.41, 5.74) is 0. The lowest BCUT2D eigenvalue weighted by molar-refractivity contribution is -0.148. The molecular weight excluding hydrogens is 408 g/mol. The van der Waals surface area contributed by atoms with Crippen LogP contribution in [0.1, 0.15) is 26.7 Å². The van der Waals surface area contributed by atoms with Gasteiger partial charge in [0.15, 0.2) is 6.10 Å². The molecule has 0 bridgehead atoms. The number of hydrogen-bond donors (Lipinski definition) is 0. The van der Waals surface area contributed by atoms with E-state index in [0.29, 0.717) is 13.2 Å². The summed E-state index contributed by atoms with van der Waals surface area (Å²) in [5, 5.41) is 4.32. The van der Waals surface area contributed by atoms with Gasteiger partial charge in [0.1, 0.15) is 12.4 Å². The Bertz CT molecular complexity index is 1030. The third-order valence-corrected chi connectivity index (χ3v) is 5.78. The van der Waals surface area contributed by atoms with Crippen LogP contribution in [-0.2, 0) is 14.3 Å². The minimum Gasteiger partial charge on any atom is -0.488 e. The van der Waals surface area contributed by atoms with Crippen molar-refractivity contribution < 1.29 is 19.0 Å². The van der Waals surface area contributed by atoms with Crippen LogP contribution in [0.3, 0.4) is 0 Å². The van der Waals surface area contributed by atoms with Crippen LogP contribution >= 0.6 is 11.8 Å². The Morgan fingerprint density at radius 1 is 1.06 bits per heavy atom. The van der Waals surface area contributed by atoms with Crippen molar-refractivity contribution in [3.63, 3.8) is 0 Å². The van der Waals surface area contributed by atoms with E-state index in [9.17, 15) is 4.79 Å². The summed E-state index contributed by atoms with van der Waals surface area (Å²) in [7, 11) is 0. The molecule has 3 aromatic rings. The molecule has 0 aliphatic rings. The van der Waals surface area contributed by atoms with E-state index in [1.807, 2.05) is 12.1 Å². The molecule has 0 aliphatic heterocycles. The van der Waals surface area contributed by atoms with E-state index < -0.39 is 12.1 Å². The highest BCUT2D eigenvalue weighted by Gasteiger charge is 2.17. The van der Waals surface area contributed by atoms with Gasteiger partial charge in [-0.15, -0.1) is 11.8 Å².